The van der Waals surface area contributed by atoms with Crippen molar-refractivity contribution in [1.82, 2.24) is 20.1 Å². The van der Waals surface area contributed by atoms with Crippen LogP contribution in [0.2, 0.25) is 0 Å². The molecule has 1 atom stereocenters. The van der Waals surface area contributed by atoms with E-state index >= 15 is 0 Å². The molecule has 0 bridgehead atoms. The zero-order chi connectivity index (χ0) is 11.9. The molecule has 1 aromatic rings. The van der Waals surface area contributed by atoms with Crippen molar-refractivity contribution in [1.29, 1.82) is 0 Å². The molecule has 0 amide bonds. The molecule has 2 heterocycles. The Kier molecular flexibility index (Phi) is 4.94. The van der Waals surface area contributed by atoms with Gasteiger partial charge in [0.15, 0.2) is 5.82 Å². The number of aryl methyl sites for hydroxylation is 1. The molecule has 0 aromatic carbocycles. The second kappa shape index (κ2) is 6.71. The lowest BCUT2D eigenvalue weighted by molar-refractivity contribution is 0.0994. The molecule has 1 fully saturated rings. The summed E-state index contributed by atoms with van der Waals surface area (Å²) < 4.78 is 7.51. The fourth-order valence-electron chi connectivity index (χ4n) is 2.05. The topological polar surface area (TPSA) is 52.0 Å². The van der Waals surface area contributed by atoms with Gasteiger partial charge in [-0.05, 0) is 32.2 Å². The third-order valence-corrected chi connectivity index (χ3v) is 3.00. The van der Waals surface area contributed by atoms with Crippen molar-refractivity contribution in [3.05, 3.63) is 12.2 Å². The molecule has 96 valence electrons. The van der Waals surface area contributed by atoms with E-state index in [1.807, 2.05) is 11.0 Å². The molecule has 2 rings (SSSR count). The smallest absolute Gasteiger partial charge is 0.164 e. The minimum Gasteiger partial charge on any atom is -0.378 e. The molecule has 5 heteroatoms. The summed E-state index contributed by atoms with van der Waals surface area (Å²) >= 11 is 0. The fraction of sp³-hybridized carbons (Fsp3) is 0.833. The first-order valence-electron chi connectivity index (χ1n) is 6.59. The van der Waals surface area contributed by atoms with Gasteiger partial charge in [-0.1, -0.05) is 6.92 Å². The summed E-state index contributed by atoms with van der Waals surface area (Å²) in [7, 11) is 0. The SMILES string of the molecule is CCCNCc1ncn(CCC2CCCO2)n1. The van der Waals surface area contributed by atoms with E-state index in [4.69, 9.17) is 4.74 Å². The summed E-state index contributed by atoms with van der Waals surface area (Å²) in [6.45, 7) is 5.77. The summed E-state index contributed by atoms with van der Waals surface area (Å²) in [5.74, 6) is 0.880. The minimum atomic E-state index is 0.431. The van der Waals surface area contributed by atoms with E-state index in [0.29, 0.717) is 6.10 Å². The highest BCUT2D eigenvalue weighted by Crippen LogP contribution is 2.15. The number of nitrogens with one attached hydrogen (secondary N) is 1. The Hall–Kier alpha value is -0.940. The van der Waals surface area contributed by atoms with Crippen LogP contribution in [0.3, 0.4) is 0 Å². The van der Waals surface area contributed by atoms with Crippen LogP contribution in [0.15, 0.2) is 6.33 Å². The van der Waals surface area contributed by atoms with Gasteiger partial charge in [0.05, 0.1) is 12.6 Å². The second-order valence-corrected chi connectivity index (χ2v) is 4.52. The van der Waals surface area contributed by atoms with Gasteiger partial charge in [0.2, 0.25) is 0 Å². The van der Waals surface area contributed by atoms with Gasteiger partial charge < -0.3 is 10.1 Å². The van der Waals surface area contributed by atoms with Gasteiger partial charge in [0.25, 0.3) is 0 Å². The molecule has 0 aliphatic carbocycles. The molecule has 1 aliphatic heterocycles. The lowest BCUT2D eigenvalue weighted by atomic mass is 10.2. The minimum absolute atomic E-state index is 0.431. The van der Waals surface area contributed by atoms with Crippen molar-refractivity contribution in [2.75, 3.05) is 13.2 Å². The van der Waals surface area contributed by atoms with Crippen molar-refractivity contribution >= 4 is 0 Å². The molecule has 5 nitrogen and oxygen atoms in total. The zero-order valence-corrected chi connectivity index (χ0v) is 10.6. The molecule has 1 N–H and O–H groups in total. The van der Waals surface area contributed by atoms with Gasteiger partial charge in [-0.15, -0.1) is 0 Å². The summed E-state index contributed by atoms with van der Waals surface area (Å²) in [6, 6.07) is 0. The number of nitrogens with zero attached hydrogens (tertiary/aromatic N) is 3. The molecular formula is C12H22N4O. The van der Waals surface area contributed by atoms with Gasteiger partial charge in [-0.2, -0.15) is 5.10 Å². The maximum absolute atomic E-state index is 5.59. The van der Waals surface area contributed by atoms with E-state index in [1.165, 1.54) is 12.8 Å². The Bertz CT molecular complexity index is 320. The number of aromatic nitrogens is 3. The first kappa shape index (κ1) is 12.5. The van der Waals surface area contributed by atoms with Gasteiger partial charge in [-0.25, -0.2) is 4.98 Å². The van der Waals surface area contributed by atoms with E-state index in [-0.39, 0.29) is 0 Å². The lowest BCUT2D eigenvalue weighted by Crippen LogP contribution is -2.15. The molecule has 17 heavy (non-hydrogen) atoms. The quantitative estimate of drug-likeness (QED) is 0.728. The Morgan fingerprint density at radius 2 is 2.53 bits per heavy atom. The number of ether oxygens (including phenoxy) is 1. The highest BCUT2D eigenvalue weighted by Gasteiger charge is 2.15. The summed E-state index contributed by atoms with van der Waals surface area (Å²) in [5.41, 5.74) is 0. The van der Waals surface area contributed by atoms with E-state index in [2.05, 4.69) is 22.3 Å². The number of hydrogen-bond acceptors (Lipinski definition) is 4. The molecule has 1 unspecified atom stereocenters. The standard InChI is InChI=1S/C12H22N4O/c1-2-6-13-9-12-14-10-16(15-12)7-5-11-4-3-8-17-11/h10-11,13H,2-9H2,1H3. The molecule has 0 saturated carbocycles. The molecule has 1 aromatic heterocycles. The van der Waals surface area contributed by atoms with Crippen LogP contribution < -0.4 is 5.32 Å². The summed E-state index contributed by atoms with van der Waals surface area (Å²) in [6.07, 6.45) is 6.83. The van der Waals surface area contributed by atoms with Crippen LogP contribution in [0, 0.1) is 0 Å². The third-order valence-electron chi connectivity index (χ3n) is 3.00. The Morgan fingerprint density at radius 1 is 1.59 bits per heavy atom. The van der Waals surface area contributed by atoms with Crippen molar-refractivity contribution < 1.29 is 4.74 Å². The lowest BCUT2D eigenvalue weighted by Gasteiger charge is -2.07. The highest BCUT2D eigenvalue weighted by molar-refractivity contribution is 4.80. The largest absolute Gasteiger partial charge is 0.378 e. The van der Waals surface area contributed by atoms with E-state index in [9.17, 15) is 0 Å². The van der Waals surface area contributed by atoms with Crippen LogP contribution in [0.25, 0.3) is 0 Å². The summed E-state index contributed by atoms with van der Waals surface area (Å²) in [5, 5.41) is 7.73. The van der Waals surface area contributed by atoms with Crippen LogP contribution in [-0.4, -0.2) is 34.0 Å². The molecule has 0 radical (unpaired) electrons. The monoisotopic (exact) mass is 238 g/mol. The Balaban J connectivity index is 1.69. The first-order valence-corrected chi connectivity index (χ1v) is 6.59. The van der Waals surface area contributed by atoms with Crippen LogP contribution in [-0.2, 0) is 17.8 Å². The van der Waals surface area contributed by atoms with Crippen molar-refractivity contribution in [3.63, 3.8) is 0 Å². The molecule has 0 spiro atoms. The fourth-order valence-corrected chi connectivity index (χ4v) is 2.05. The van der Waals surface area contributed by atoms with Gasteiger partial charge in [0.1, 0.15) is 6.33 Å². The van der Waals surface area contributed by atoms with E-state index in [1.54, 1.807) is 0 Å². The molecular weight excluding hydrogens is 216 g/mol. The predicted molar refractivity (Wildman–Crippen MR) is 65.6 cm³/mol. The van der Waals surface area contributed by atoms with Crippen LogP contribution in [0.5, 0.6) is 0 Å². The highest BCUT2D eigenvalue weighted by atomic mass is 16.5. The van der Waals surface area contributed by atoms with Crippen molar-refractivity contribution in [2.45, 2.75) is 51.8 Å². The third kappa shape index (κ3) is 4.09. The van der Waals surface area contributed by atoms with Gasteiger partial charge in [-0.3, -0.25) is 4.68 Å². The van der Waals surface area contributed by atoms with Crippen LogP contribution in [0.4, 0.5) is 0 Å². The van der Waals surface area contributed by atoms with E-state index in [0.717, 1.165) is 44.9 Å². The maximum Gasteiger partial charge on any atom is 0.164 e. The number of hydrogen-bond donors (Lipinski definition) is 1. The van der Waals surface area contributed by atoms with Crippen molar-refractivity contribution in [3.8, 4) is 0 Å². The predicted octanol–water partition coefficient (Wildman–Crippen LogP) is 1.35. The van der Waals surface area contributed by atoms with E-state index < -0.39 is 0 Å². The maximum atomic E-state index is 5.59. The van der Waals surface area contributed by atoms with Crippen LogP contribution >= 0.6 is 0 Å². The first-order chi connectivity index (χ1) is 8.38. The second-order valence-electron chi connectivity index (χ2n) is 4.52. The molecule has 1 saturated heterocycles. The van der Waals surface area contributed by atoms with Gasteiger partial charge in [0, 0.05) is 13.2 Å². The zero-order valence-electron chi connectivity index (χ0n) is 10.6. The van der Waals surface area contributed by atoms with Gasteiger partial charge >= 0.3 is 0 Å². The normalized spacial score (nSPS) is 19.9. The Labute approximate surface area is 103 Å². The average Bonchev–Trinajstić information content (AvgIpc) is 2.98. The Morgan fingerprint density at radius 3 is 3.29 bits per heavy atom. The van der Waals surface area contributed by atoms with Crippen LogP contribution in [0.1, 0.15) is 38.4 Å². The molecule has 1 aliphatic rings. The summed E-state index contributed by atoms with van der Waals surface area (Å²) in [4.78, 5) is 4.28. The average molecular weight is 238 g/mol. The number of rotatable bonds is 7. The van der Waals surface area contributed by atoms with Crippen molar-refractivity contribution in [2.24, 2.45) is 0 Å².